The van der Waals surface area contributed by atoms with Gasteiger partial charge in [-0.25, -0.2) is 4.39 Å². The van der Waals surface area contributed by atoms with Crippen LogP contribution >= 0.6 is 15.9 Å². The van der Waals surface area contributed by atoms with Crippen LogP contribution in [0.15, 0.2) is 22.7 Å². The van der Waals surface area contributed by atoms with Gasteiger partial charge in [0.05, 0.1) is 12.2 Å². The summed E-state index contributed by atoms with van der Waals surface area (Å²) in [6.45, 7) is 8.10. The van der Waals surface area contributed by atoms with Gasteiger partial charge in [-0.15, -0.1) is 0 Å². The lowest BCUT2D eigenvalue weighted by Gasteiger charge is -2.19. The molecule has 0 aliphatic heterocycles. The van der Waals surface area contributed by atoms with Gasteiger partial charge in [0, 0.05) is 17.6 Å². The molecular formula is C13H19BrFNO. The summed E-state index contributed by atoms with van der Waals surface area (Å²) in [5.74, 6) is -0.212. The van der Waals surface area contributed by atoms with Gasteiger partial charge in [0.2, 0.25) is 0 Å². The molecule has 4 heteroatoms. The Hall–Kier alpha value is -0.450. The summed E-state index contributed by atoms with van der Waals surface area (Å²) in [5, 5.41) is 3.22. The minimum atomic E-state index is -0.212. The Morgan fingerprint density at radius 3 is 2.71 bits per heavy atom. The predicted octanol–water partition coefficient (Wildman–Crippen LogP) is 3.49. The molecule has 0 aliphatic carbocycles. The van der Waals surface area contributed by atoms with Crippen LogP contribution in [0.3, 0.4) is 0 Å². The summed E-state index contributed by atoms with van der Waals surface area (Å²) in [6, 6.07) is 4.69. The summed E-state index contributed by atoms with van der Waals surface area (Å²) in [4.78, 5) is 0. The number of hydrogen-bond donors (Lipinski definition) is 1. The van der Waals surface area contributed by atoms with Crippen molar-refractivity contribution in [1.29, 1.82) is 0 Å². The van der Waals surface area contributed by atoms with Gasteiger partial charge in [0.25, 0.3) is 0 Å². The molecule has 1 aromatic carbocycles. The Labute approximate surface area is 111 Å². The molecule has 0 unspecified atom stereocenters. The van der Waals surface area contributed by atoms with Gasteiger partial charge in [0.1, 0.15) is 5.82 Å². The lowest BCUT2D eigenvalue weighted by atomic mass is 10.2. The van der Waals surface area contributed by atoms with E-state index >= 15 is 0 Å². The van der Waals surface area contributed by atoms with E-state index < -0.39 is 0 Å². The van der Waals surface area contributed by atoms with E-state index in [1.165, 1.54) is 12.1 Å². The van der Waals surface area contributed by atoms with Crippen LogP contribution in [0.2, 0.25) is 0 Å². The zero-order valence-corrected chi connectivity index (χ0v) is 12.1. The van der Waals surface area contributed by atoms with Crippen LogP contribution in [0.4, 0.5) is 4.39 Å². The molecule has 1 aromatic rings. The van der Waals surface area contributed by atoms with E-state index in [0.29, 0.717) is 13.2 Å². The molecule has 2 nitrogen and oxygen atoms in total. The van der Waals surface area contributed by atoms with Crippen molar-refractivity contribution in [2.45, 2.75) is 32.9 Å². The van der Waals surface area contributed by atoms with E-state index in [2.05, 4.69) is 21.2 Å². The number of hydrogen-bond acceptors (Lipinski definition) is 2. The quantitative estimate of drug-likeness (QED) is 0.841. The highest BCUT2D eigenvalue weighted by Gasteiger charge is 2.08. The fourth-order valence-corrected chi connectivity index (χ4v) is 1.72. The predicted molar refractivity (Wildman–Crippen MR) is 71.5 cm³/mol. The molecule has 1 rings (SSSR count). The molecule has 0 amide bonds. The molecule has 0 aliphatic rings. The second-order valence-corrected chi connectivity index (χ2v) is 5.73. The number of benzene rings is 1. The highest BCUT2D eigenvalue weighted by atomic mass is 79.9. The minimum Gasteiger partial charge on any atom is -0.375 e. The van der Waals surface area contributed by atoms with Crippen LogP contribution < -0.4 is 5.32 Å². The second kappa shape index (κ2) is 6.47. The number of ether oxygens (including phenoxy) is 1. The van der Waals surface area contributed by atoms with Gasteiger partial charge in [-0.3, -0.25) is 0 Å². The van der Waals surface area contributed by atoms with Gasteiger partial charge in [-0.2, -0.15) is 0 Å². The number of rotatable bonds is 5. The summed E-state index contributed by atoms with van der Waals surface area (Å²) >= 11 is 3.39. The summed E-state index contributed by atoms with van der Waals surface area (Å²) in [6.07, 6.45) is 0. The molecule has 96 valence electrons. The summed E-state index contributed by atoms with van der Waals surface area (Å²) < 4.78 is 19.5. The van der Waals surface area contributed by atoms with Crippen molar-refractivity contribution < 1.29 is 9.13 Å². The maximum absolute atomic E-state index is 13.0. The molecule has 1 N–H and O–H groups in total. The first-order valence-electron chi connectivity index (χ1n) is 5.67. The standard InChI is InChI=1S/C13H19BrFNO/c1-13(2,3)17-7-6-16-9-10-8-11(15)4-5-12(10)14/h4-5,8,16H,6-7,9H2,1-3H3. The second-order valence-electron chi connectivity index (χ2n) is 4.87. The Kier molecular flexibility index (Phi) is 5.56. The van der Waals surface area contributed by atoms with Gasteiger partial charge in [-0.1, -0.05) is 15.9 Å². The molecule has 0 aromatic heterocycles. The molecule has 17 heavy (non-hydrogen) atoms. The fraction of sp³-hybridized carbons (Fsp3) is 0.538. The van der Waals surface area contributed by atoms with Crippen LogP contribution in [-0.4, -0.2) is 18.8 Å². The summed E-state index contributed by atoms with van der Waals surface area (Å²) in [7, 11) is 0. The van der Waals surface area contributed by atoms with E-state index in [4.69, 9.17) is 4.74 Å². The molecule has 0 saturated carbocycles. The van der Waals surface area contributed by atoms with Crippen molar-refractivity contribution in [3.05, 3.63) is 34.1 Å². The lowest BCUT2D eigenvalue weighted by molar-refractivity contribution is -0.000889. The third-order valence-corrected chi connectivity index (χ3v) is 2.91. The lowest BCUT2D eigenvalue weighted by Crippen LogP contribution is -2.26. The monoisotopic (exact) mass is 303 g/mol. The largest absolute Gasteiger partial charge is 0.375 e. The van der Waals surface area contributed by atoms with Crippen molar-refractivity contribution in [3.8, 4) is 0 Å². The minimum absolute atomic E-state index is 0.110. The number of halogens is 2. The highest BCUT2D eigenvalue weighted by molar-refractivity contribution is 9.10. The third-order valence-electron chi connectivity index (χ3n) is 2.14. The van der Waals surface area contributed by atoms with Crippen molar-refractivity contribution in [1.82, 2.24) is 5.32 Å². The van der Waals surface area contributed by atoms with Gasteiger partial charge < -0.3 is 10.1 Å². The average molecular weight is 304 g/mol. The van der Waals surface area contributed by atoms with Crippen molar-refractivity contribution in [2.75, 3.05) is 13.2 Å². The van der Waals surface area contributed by atoms with E-state index in [-0.39, 0.29) is 11.4 Å². The molecule has 0 heterocycles. The van der Waals surface area contributed by atoms with Crippen molar-refractivity contribution >= 4 is 15.9 Å². The average Bonchev–Trinajstić information content (AvgIpc) is 2.21. The molecule has 0 fully saturated rings. The zero-order chi connectivity index (χ0) is 12.9. The summed E-state index contributed by atoms with van der Waals surface area (Å²) in [5.41, 5.74) is 0.807. The molecule has 0 bridgehead atoms. The maximum Gasteiger partial charge on any atom is 0.123 e. The molecular weight excluding hydrogens is 285 g/mol. The normalized spacial score (nSPS) is 11.8. The highest BCUT2D eigenvalue weighted by Crippen LogP contribution is 2.17. The first-order chi connectivity index (χ1) is 7.88. The van der Waals surface area contributed by atoms with Crippen molar-refractivity contribution in [3.63, 3.8) is 0 Å². The van der Waals surface area contributed by atoms with E-state index in [0.717, 1.165) is 16.6 Å². The van der Waals surface area contributed by atoms with Crippen LogP contribution in [0, 0.1) is 5.82 Å². The third kappa shape index (κ3) is 6.15. The van der Waals surface area contributed by atoms with Crippen LogP contribution in [0.1, 0.15) is 26.3 Å². The Morgan fingerprint density at radius 1 is 1.35 bits per heavy atom. The first kappa shape index (κ1) is 14.6. The van der Waals surface area contributed by atoms with Gasteiger partial charge in [0.15, 0.2) is 0 Å². The van der Waals surface area contributed by atoms with Gasteiger partial charge in [-0.05, 0) is 44.5 Å². The van der Waals surface area contributed by atoms with Crippen LogP contribution in [-0.2, 0) is 11.3 Å². The molecule has 0 saturated heterocycles. The Balaban J connectivity index is 2.29. The molecule has 0 spiro atoms. The molecule has 0 atom stereocenters. The van der Waals surface area contributed by atoms with E-state index in [9.17, 15) is 4.39 Å². The smallest absolute Gasteiger partial charge is 0.123 e. The van der Waals surface area contributed by atoms with Crippen LogP contribution in [0.5, 0.6) is 0 Å². The van der Waals surface area contributed by atoms with E-state index in [1.54, 1.807) is 6.07 Å². The maximum atomic E-state index is 13.0. The Bertz CT molecular complexity index is 363. The SMILES string of the molecule is CC(C)(C)OCCNCc1cc(F)ccc1Br. The number of nitrogens with one attached hydrogen (secondary N) is 1. The first-order valence-corrected chi connectivity index (χ1v) is 6.46. The van der Waals surface area contributed by atoms with Crippen LogP contribution in [0.25, 0.3) is 0 Å². The molecule has 0 radical (unpaired) electrons. The van der Waals surface area contributed by atoms with Gasteiger partial charge >= 0.3 is 0 Å². The Morgan fingerprint density at radius 2 is 2.06 bits per heavy atom. The van der Waals surface area contributed by atoms with Crippen molar-refractivity contribution in [2.24, 2.45) is 0 Å². The fourth-order valence-electron chi connectivity index (χ4n) is 1.33. The topological polar surface area (TPSA) is 21.3 Å². The zero-order valence-electron chi connectivity index (χ0n) is 10.5. The van der Waals surface area contributed by atoms with E-state index in [1.807, 2.05) is 20.8 Å².